The Morgan fingerprint density at radius 1 is 0.966 bits per heavy atom. The normalized spacial score (nSPS) is 20.1. The van der Waals surface area contributed by atoms with E-state index in [1.165, 1.54) is 5.56 Å². The molecular weight excluding hydrogens is 379 g/mol. The van der Waals surface area contributed by atoms with Crippen LogP contribution in [0.1, 0.15) is 54.0 Å². The maximum atomic E-state index is 6.33. The van der Waals surface area contributed by atoms with Crippen LogP contribution >= 0.6 is 0 Å². The highest BCUT2D eigenvalue weighted by molar-refractivity contribution is 6.74. The van der Waals surface area contributed by atoms with Crippen molar-refractivity contribution in [1.82, 2.24) is 0 Å². The average Bonchev–Trinajstić information content (AvgIpc) is 2.81. The van der Waals surface area contributed by atoms with Crippen LogP contribution in [0.4, 0.5) is 0 Å². The molecule has 29 heavy (non-hydrogen) atoms. The first-order valence-corrected chi connectivity index (χ1v) is 13.8. The van der Waals surface area contributed by atoms with Crippen LogP contribution in [0.2, 0.25) is 23.9 Å². The number of hydrogen-bond acceptors (Lipinski definition) is 4. The Morgan fingerprint density at radius 2 is 1.52 bits per heavy atom. The lowest BCUT2D eigenvalue weighted by atomic mass is 9.69. The Balaban J connectivity index is 1.95. The van der Waals surface area contributed by atoms with Crippen molar-refractivity contribution in [3.05, 3.63) is 35.9 Å². The SMILES string of the molecule is CC1(C)OB(C(COCCO[Si](C)(C)C(C)(C)C)Cc2ccccc2)OC1(C)C. The summed E-state index contributed by atoms with van der Waals surface area (Å²) in [5.41, 5.74) is 0.601. The topological polar surface area (TPSA) is 36.9 Å². The minimum Gasteiger partial charge on any atom is -0.414 e. The molecule has 1 fully saturated rings. The molecule has 1 aromatic carbocycles. The van der Waals surface area contributed by atoms with E-state index in [1.807, 2.05) is 6.07 Å². The van der Waals surface area contributed by atoms with Crippen LogP contribution in [0.5, 0.6) is 0 Å². The van der Waals surface area contributed by atoms with Gasteiger partial charge in [0.25, 0.3) is 0 Å². The first kappa shape index (κ1) is 24.6. The maximum Gasteiger partial charge on any atom is 0.463 e. The smallest absolute Gasteiger partial charge is 0.414 e. The molecular formula is C23H41BO4Si. The quantitative estimate of drug-likeness (QED) is 0.378. The van der Waals surface area contributed by atoms with E-state index in [9.17, 15) is 0 Å². The summed E-state index contributed by atoms with van der Waals surface area (Å²) in [5.74, 6) is 0.131. The monoisotopic (exact) mass is 420 g/mol. The molecule has 6 heteroatoms. The summed E-state index contributed by atoms with van der Waals surface area (Å²) in [7, 11) is -2.01. The Kier molecular flexibility index (Phi) is 7.83. The Hall–Kier alpha value is -0.658. The highest BCUT2D eigenvalue weighted by Gasteiger charge is 2.53. The molecule has 0 saturated carbocycles. The molecule has 4 nitrogen and oxygen atoms in total. The molecule has 0 bridgehead atoms. The molecule has 1 unspecified atom stereocenters. The van der Waals surface area contributed by atoms with E-state index >= 15 is 0 Å². The minimum atomic E-state index is -1.74. The molecule has 164 valence electrons. The van der Waals surface area contributed by atoms with Gasteiger partial charge in [0.05, 0.1) is 24.4 Å². The van der Waals surface area contributed by atoms with E-state index < -0.39 is 8.32 Å². The Bertz CT molecular complexity index is 624. The van der Waals surface area contributed by atoms with Gasteiger partial charge in [-0.2, -0.15) is 0 Å². The average molecular weight is 420 g/mol. The lowest BCUT2D eigenvalue weighted by Crippen LogP contribution is -2.41. The van der Waals surface area contributed by atoms with Crippen LogP contribution < -0.4 is 0 Å². The van der Waals surface area contributed by atoms with Gasteiger partial charge in [0, 0.05) is 12.4 Å². The highest BCUT2D eigenvalue weighted by Crippen LogP contribution is 2.41. The van der Waals surface area contributed by atoms with E-state index in [0.29, 0.717) is 19.8 Å². The van der Waals surface area contributed by atoms with Crippen LogP contribution in [0.3, 0.4) is 0 Å². The van der Waals surface area contributed by atoms with E-state index in [2.05, 4.69) is 85.8 Å². The van der Waals surface area contributed by atoms with E-state index in [0.717, 1.165) is 6.42 Å². The van der Waals surface area contributed by atoms with Gasteiger partial charge in [0.15, 0.2) is 8.32 Å². The second-order valence-corrected chi connectivity index (χ2v) is 15.6. The first-order chi connectivity index (χ1) is 13.3. The molecule has 0 N–H and O–H groups in total. The molecule has 0 aromatic heterocycles. The summed E-state index contributed by atoms with van der Waals surface area (Å²) in [6.45, 7) is 21.5. The van der Waals surface area contributed by atoms with E-state index in [4.69, 9.17) is 18.5 Å². The molecule has 1 saturated heterocycles. The summed E-state index contributed by atoms with van der Waals surface area (Å²) in [6.07, 6.45) is 0.862. The highest BCUT2D eigenvalue weighted by atomic mass is 28.4. The molecule has 1 aromatic rings. The molecule has 2 rings (SSSR count). The van der Waals surface area contributed by atoms with Crippen molar-refractivity contribution in [3.63, 3.8) is 0 Å². The number of ether oxygens (including phenoxy) is 1. The van der Waals surface area contributed by atoms with Gasteiger partial charge in [-0.05, 0) is 57.8 Å². The Labute approximate surface area is 179 Å². The van der Waals surface area contributed by atoms with Gasteiger partial charge >= 0.3 is 7.12 Å². The third-order valence-corrected chi connectivity index (χ3v) is 11.4. The summed E-state index contributed by atoms with van der Waals surface area (Å²) < 4.78 is 25.0. The molecule has 0 aliphatic carbocycles. The summed E-state index contributed by atoms with van der Waals surface area (Å²) in [6, 6.07) is 10.5. The molecule has 0 spiro atoms. The van der Waals surface area contributed by atoms with Gasteiger partial charge in [-0.3, -0.25) is 0 Å². The Morgan fingerprint density at radius 3 is 2.03 bits per heavy atom. The van der Waals surface area contributed by atoms with Crippen molar-refractivity contribution in [2.75, 3.05) is 19.8 Å². The molecule has 1 aliphatic rings. The van der Waals surface area contributed by atoms with Crippen molar-refractivity contribution in [2.24, 2.45) is 0 Å². The van der Waals surface area contributed by atoms with Crippen molar-refractivity contribution in [3.8, 4) is 0 Å². The van der Waals surface area contributed by atoms with Crippen LogP contribution in [-0.2, 0) is 24.9 Å². The van der Waals surface area contributed by atoms with Gasteiger partial charge < -0.3 is 18.5 Å². The molecule has 0 radical (unpaired) electrons. The predicted molar refractivity (Wildman–Crippen MR) is 124 cm³/mol. The zero-order chi connectivity index (χ0) is 21.9. The van der Waals surface area contributed by atoms with Crippen molar-refractivity contribution < 1.29 is 18.5 Å². The van der Waals surface area contributed by atoms with Gasteiger partial charge in [-0.1, -0.05) is 51.1 Å². The van der Waals surface area contributed by atoms with Gasteiger partial charge in [-0.25, -0.2) is 0 Å². The third-order valence-electron chi connectivity index (χ3n) is 6.83. The zero-order valence-corrected chi connectivity index (χ0v) is 21.0. The second-order valence-electron chi connectivity index (χ2n) is 10.8. The zero-order valence-electron chi connectivity index (χ0n) is 20.0. The lowest BCUT2D eigenvalue weighted by molar-refractivity contribution is 0.00578. The standard InChI is InChI=1S/C23H41BO4Si/c1-21(2,3)29(8,9)26-16-15-25-18-20(17-19-13-11-10-12-14-19)24-27-22(4,5)23(6,7)28-24/h10-14,20H,15-18H2,1-9H3. The minimum absolute atomic E-state index is 0.131. The third kappa shape index (κ3) is 6.41. The molecule has 1 aliphatic heterocycles. The fraction of sp³-hybridized carbons (Fsp3) is 0.739. The van der Waals surface area contributed by atoms with Crippen LogP contribution in [0.15, 0.2) is 30.3 Å². The summed E-state index contributed by atoms with van der Waals surface area (Å²) >= 11 is 0. The van der Waals surface area contributed by atoms with Crippen molar-refractivity contribution in [2.45, 2.75) is 90.0 Å². The maximum absolute atomic E-state index is 6.33. The van der Waals surface area contributed by atoms with Crippen molar-refractivity contribution in [1.29, 1.82) is 0 Å². The van der Waals surface area contributed by atoms with Crippen molar-refractivity contribution >= 4 is 15.4 Å². The largest absolute Gasteiger partial charge is 0.463 e. The number of rotatable bonds is 9. The second kappa shape index (κ2) is 9.23. The van der Waals surface area contributed by atoms with E-state index in [1.54, 1.807) is 0 Å². The fourth-order valence-corrected chi connectivity index (χ4v) is 4.07. The molecule has 1 atom stereocenters. The fourth-order valence-electron chi connectivity index (χ4n) is 3.04. The van der Waals surface area contributed by atoms with Gasteiger partial charge in [0.2, 0.25) is 0 Å². The number of benzene rings is 1. The van der Waals surface area contributed by atoms with Crippen LogP contribution in [0.25, 0.3) is 0 Å². The van der Waals surface area contributed by atoms with E-state index in [-0.39, 0.29) is 29.2 Å². The molecule has 0 amide bonds. The summed E-state index contributed by atoms with van der Waals surface area (Å²) in [4.78, 5) is 0. The first-order valence-electron chi connectivity index (χ1n) is 10.9. The molecule has 1 heterocycles. The van der Waals surface area contributed by atoms with Gasteiger partial charge in [-0.15, -0.1) is 0 Å². The van der Waals surface area contributed by atoms with Crippen LogP contribution in [-0.4, -0.2) is 46.5 Å². The van der Waals surface area contributed by atoms with Gasteiger partial charge in [0.1, 0.15) is 0 Å². The summed E-state index contributed by atoms with van der Waals surface area (Å²) in [5, 5.41) is 0.214. The predicted octanol–water partition coefficient (Wildman–Crippen LogP) is 5.73. The van der Waals surface area contributed by atoms with Crippen LogP contribution in [0, 0.1) is 0 Å². The number of hydrogen-bond donors (Lipinski definition) is 0. The lowest BCUT2D eigenvalue weighted by Gasteiger charge is -2.36.